The number of nitrogens with one attached hydrogen (secondary N) is 1. The van der Waals surface area contributed by atoms with Crippen LogP contribution < -0.4 is 5.32 Å². The average molecular weight is 299 g/mol. The minimum Gasteiger partial charge on any atom is -0.305 e. The lowest BCUT2D eigenvalue weighted by Gasteiger charge is -2.38. The summed E-state index contributed by atoms with van der Waals surface area (Å²) < 4.78 is 0.707. The fourth-order valence-electron chi connectivity index (χ4n) is 3.05. The van der Waals surface area contributed by atoms with E-state index in [9.17, 15) is 9.59 Å². The minimum atomic E-state index is -0.619. The van der Waals surface area contributed by atoms with Gasteiger partial charge in [-0.3, -0.25) is 10.1 Å². The summed E-state index contributed by atoms with van der Waals surface area (Å²) in [7, 11) is 0. The van der Waals surface area contributed by atoms with E-state index in [2.05, 4.69) is 5.32 Å². The van der Waals surface area contributed by atoms with Gasteiger partial charge in [0.25, 0.3) is 5.91 Å². The van der Waals surface area contributed by atoms with E-state index in [0.29, 0.717) is 10.9 Å². The van der Waals surface area contributed by atoms with Crippen LogP contribution in [0.3, 0.4) is 0 Å². The van der Waals surface area contributed by atoms with E-state index >= 15 is 0 Å². The summed E-state index contributed by atoms with van der Waals surface area (Å²) in [4.78, 5) is 26.9. The molecule has 2 fully saturated rings. The zero-order valence-corrected chi connectivity index (χ0v) is 12.0. The van der Waals surface area contributed by atoms with Crippen molar-refractivity contribution >= 4 is 34.9 Å². The minimum absolute atomic E-state index is 0.125. The monoisotopic (exact) mass is 298 g/mol. The number of thiophene rings is 1. The van der Waals surface area contributed by atoms with E-state index in [1.165, 1.54) is 11.3 Å². The molecule has 19 heavy (non-hydrogen) atoms. The molecule has 0 radical (unpaired) electrons. The molecule has 2 heterocycles. The number of imide groups is 1. The lowest BCUT2D eigenvalue weighted by Crippen LogP contribution is -2.50. The van der Waals surface area contributed by atoms with Crippen molar-refractivity contribution in [2.75, 3.05) is 0 Å². The van der Waals surface area contributed by atoms with Gasteiger partial charge in [0.2, 0.25) is 0 Å². The number of carbonyl (C=O) groups is 2. The Balaban J connectivity index is 1.88. The predicted molar refractivity (Wildman–Crippen MR) is 74.2 cm³/mol. The van der Waals surface area contributed by atoms with E-state index in [1.807, 2.05) is 12.1 Å². The first-order valence-corrected chi connectivity index (χ1v) is 7.68. The number of carbonyl (C=O) groups excluding carboxylic acids is 2. The predicted octanol–water partition coefficient (Wildman–Crippen LogP) is 3.16. The SMILES string of the molecule is O=C1NC(=O)C2(CCCCC2)N1Cc1ccc(Cl)s1. The molecule has 0 atom stereocenters. The van der Waals surface area contributed by atoms with Crippen LogP contribution in [-0.2, 0) is 11.3 Å². The van der Waals surface area contributed by atoms with Crippen LogP contribution in [0.2, 0.25) is 4.34 Å². The number of hydrogen-bond acceptors (Lipinski definition) is 3. The van der Waals surface area contributed by atoms with Gasteiger partial charge in [-0.25, -0.2) is 4.79 Å². The molecular weight excluding hydrogens is 284 g/mol. The molecule has 1 aromatic heterocycles. The van der Waals surface area contributed by atoms with Crippen molar-refractivity contribution in [1.82, 2.24) is 10.2 Å². The quantitative estimate of drug-likeness (QED) is 0.853. The highest BCUT2D eigenvalue weighted by Crippen LogP contribution is 2.38. The topological polar surface area (TPSA) is 49.4 Å². The Morgan fingerprint density at radius 3 is 2.63 bits per heavy atom. The maximum atomic E-state index is 12.2. The molecule has 1 saturated carbocycles. The van der Waals surface area contributed by atoms with Gasteiger partial charge in [0.1, 0.15) is 5.54 Å². The van der Waals surface area contributed by atoms with Gasteiger partial charge in [0.15, 0.2) is 0 Å². The Morgan fingerprint density at radius 2 is 2.00 bits per heavy atom. The lowest BCUT2D eigenvalue weighted by atomic mass is 9.80. The van der Waals surface area contributed by atoms with Crippen LogP contribution >= 0.6 is 22.9 Å². The summed E-state index contributed by atoms with van der Waals surface area (Å²) >= 11 is 7.38. The zero-order valence-electron chi connectivity index (χ0n) is 10.4. The molecule has 0 unspecified atom stereocenters. The number of nitrogens with zero attached hydrogens (tertiary/aromatic N) is 1. The average Bonchev–Trinajstić information content (AvgIpc) is 2.89. The first kappa shape index (κ1) is 12.9. The zero-order chi connectivity index (χ0) is 13.5. The molecule has 6 heteroatoms. The first-order valence-electron chi connectivity index (χ1n) is 6.49. The van der Waals surface area contributed by atoms with Crippen LogP contribution in [0.15, 0.2) is 12.1 Å². The standard InChI is InChI=1S/C13H15ClN2O2S/c14-10-5-4-9(19-10)8-16-12(18)15-11(17)13(16)6-2-1-3-7-13/h4-5H,1-3,6-8H2,(H,15,17,18). The third kappa shape index (κ3) is 2.15. The fraction of sp³-hybridized carbons (Fsp3) is 0.538. The molecule has 1 aliphatic carbocycles. The van der Waals surface area contributed by atoms with Gasteiger partial charge >= 0.3 is 6.03 Å². The molecule has 1 aliphatic heterocycles. The maximum absolute atomic E-state index is 12.2. The normalized spacial score (nSPS) is 22.1. The molecule has 1 aromatic rings. The van der Waals surface area contributed by atoms with Crippen molar-refractivity contribution < 1.29 is 9.59 Å². The summed E-state index contributed by atoms with van der Waals surface area (Å²) in [5.41, 5.74) is -0.619. The number of rotatable bonds is 2. The van der Waals surface area contributed by atoms with Crippen molar-refractivity contribution in [3.8, 4) is 0 Å². The highest BCUT2D eigenvalue weighted by atomic mass is 35.5. The molecule has 1 N–H and O–H groups in total. The van der Waals surface area contributed by atoms with E-state index in [0.717, 1.165) is 37.0 Å². The van der Waals surface area contributed by atoms with Crippen LogP contribution in [0.1, 0.15) is 37.0 Å². The van der Waals surface area contributed by atoms with E-state index < -0.39 is 5.54 Å². The summed E-state index contributed by atoms with van der Waals surface area (Å²) in [5.74, 6) is -0.125. The van der Waals surface area contributed by atoms with Gasteiger partial charge in [-0.1, -0.05) is 30.9 Å². The van der Waals surface area contributed by atoms with Gasteiger partial charge in [-0.05, 0) is 25.0 Å². The van der Waals surface area contributed by atoms with Crippen molar-refractivity contribution in [2.45, 2.75) is 44.2 Å². The Kier molecular flexibility index (Phi) is 3.27. The molecule has 3 amide bonds. The van der Waals surface area contributed by atoms with Crippen LogP contribution in [-0.4, -0.2) is 22.4 Å². The Morgan fingerprint density at radius 1 is 1.26 bits per heavy atom. The van der Waals surface area contributed by atoms with Gasteiger partial charge < -0.3 is 4.90 Å². The summed E-state index contributed by atoms with van der Waals surface area (Å²) in [6.45, 7) is 0.467. The molecule has 0 bridgehead atoms. The third-order valence-electron chi connectivity index (χ3n) is 4.03. The summed E-state index contributed by atoms with van der Waals surface area (Å²) in [5, 5.41) is 2.47. The second-order valence-corrected chi connectivity index (χ2v) is 6.94. The molecule has 2 aliphatic rings. The number of urea groups is 1. The molecule has 102 valence electrons. The van der Waals surface area contributed by atoms with Crippen LogP contribution in [0.25, 0.3) is 0 Å². The molecule has 3 rings (SSSR count). The van der Waals surface area contributed by atoms with Crippen molar-refractivity contribution in [1.29, 1.82) is 0 Å². The van der Waals surface area contributed by atoms with Crippen molar-refractivity contribution in [2.24, 2.45) is 0 Å². The molecule has 4 nitrogen and oxygen atoms in total. The van der Waals surface area contributed by atoms with Crippen molar-refractivity contribution in [3.05, 3.63) is 21.3 Å². The largest absolute Gasteiger partial charge is 0.325 e. The Bertz CT molecular complexity index is 522. The molecular formula is C13H15ClN2O2S. The third-order valence-corrected chi connectivity index (χ3v) is 5.24. The van der Waals surface area contributed by atoms with Gasteiger partial charge in [0, 0.05) is 4.88 Å². The number of amides is 3. The van der Waals surface area contributed by atoms with Crippen LogP contribution in [0.5, 0.6) is 0 Å². The number of hydrogen-bond donors (Lipinski definition) is 1. The van der Waals surface area contributed by atoms with E-state index in [1.54, 1.807) is 4.90 Å². The highest BCUT2D eigenvalue weighted by molar-refractivity contribution is 7.16. The van der Waals surface area contributed by atoms with E-state index in [4.69, 9.17) is 11.6 Å². The van der Waals surface area contributed by atoms with E-state index in [-0.39, 0.29) is 11.9 Å². The van der Waals surface area contributed by atoms with Crippen LogP contribution in [0.4, 0.5) is 4.79 Å². The van der Waals surface area contributed by atoms with Gasteiger partial charge in [-0.2, -0.15) is 0 Å². The van der Waals surface area contributed by atoms with Gasteiger partial charge in [0.05, 0.1) is 10.9 Å². The Labute approximate surface area is 120 Å². The van der Waals surface area contributed by atoms with Gasteiger partial charge in [-0.15, -0.1) is 11.3 Å². The molecule has 1 spiro atoms. The first-order chi connectivity index (χ1) is 9.12. The summed E-state index contributed by atoms with van der Waals surface area (Å²) in [6, 6.07) is 3.47. The summed E-state index contributed by atoms with van der Waals surface area (Å²) in [6.07, 6.45) is 4.68. The molecule has 0 aromatic carbocycles. The maximum Gasteiger partial charge on any atom is 0.325 e. The smallest absolute Gasteiger partial charge is 0.305 e. The number of halogens is 1. The van der Waals surface area contributed by atoms with Crippen LogP contribution in [0, 0.1) is 0 Å². The van der Waals surface area contributed by atoms with Crippen molar-refractivity contribution in [3.63, 3.8) is 0 Å². The lowest BCUT2D eigenvalue weighted by molar-refractivity contribution is -0.128. The Hall–Kier alpha value is -1.07. The molecule has 1 saturated heterocycles. The second-order valence-electron chi connectivity index (χ2n) is 5.14. The highest BCUT2D eigenvalue weighted by Gasteiger charge is 2.52. The fourth-order valence-corrected chi connectivity index (χ4v) is 4.12. The second kappa shape index (κ2) is 4.80.